The van der Waals surface area contributed by atoms with Crippen molar-refractivity contribution >= 4 is 35.0 Å². The van der Waals surface area contributed by atoms with Crippen molar-refractivity contribution in [2.75, 3.05) is 0 Å². The van der Waals surface area contributed by atoms with Crippen LogP contribution in [-0.4, -0.2) is 17.9 Å². The minimum atomic E-state index is -0.750. The van der Waals surface area contributed by atoms with Crippen molar-refractivity contribution in [1.29, 1.82) is 0 Å². The fourth-order valence-corrected chi connectivity index (χ4v) is 2.94. The smallest absolute Gasteiger partial charge is 0.266 e. The molecular weight excluding hydrogens is 387 g/mol. The maximum absolute atomic E-state index is 12.5. The Bertz CT molecular complexity index is 782. The van der Waals surface area contributed by atoms with Gasteiger partial charge in [-0.1, -0.05) is 67.4 Å². The molecule has 0 aliphatic rings. The standard InChI is InChI=1S/C20H22Cl2N2O3/c1-13(2)10-18(20(26)24-27-12-14-6-4-3-5-7-14)23-19(25)16-9-8-15(21)11-17(16)22/h3-9,11,13,18H,10,12H2,1-2H3,(H,23,25)(H,24,26). The molecule has 2 aromatic rings. The number of carbonyl (C=O) groups excluding carboxylic acids is 2. The van der Waals surface area contributed by atoms with E-state index in [4.69, 9.17) is 28.0 Å². The van der Waals surface area contributed by atoms with E-state index in [1.165, 1.54) is 12.1 Å². The van der Waals surface area contributed by atoms with Crippen LogP contribution in [-0.2, 0) is 16.2 Å². The molecule has 1 atom stereocenters. The molecule has 27 heavy (non-hydrogen) atoms. The molecule has 2 aromatic carbocycles. The summed E-state index contributed by atoms with van der Waals surface area (Å²) < 4.78 is 0. The van der Waals surface area contributed by atoms with Crippen molar-refractivity contribution in [3.63, 3.8) is 0 Å². The summed E-state index contributed by atoms with van der Waals surface area (Å²) in [6.07, 6.45) is 0.456. The van der Waals surface area contributed by atoms with Crippen molar-refractivity contribution in [2.45, 2.75) is 32.9 Å². The fraction of sp³-hybridized carbons (Fsp3) is 0.300. The van der Waals surface area contributed by atoms with Crippen LogP contribution in [0.25, 0.3) is 0 Å². The Kier molecular flexibility index (Phi) is 8.10. The second kappa shape index (κ2) is 10.3. The zero-order valence-electron chi connectivity index (χ0n) is 15.2. The molecule has 0 heterocycles. The summed E-state index contributed by atoms with van der Waals surface area (Å²) in [6, 6.07) is 13.3. The first-order valence-electron chi connectivity index (χ1n) is 8.58. The largest absolute Gasteiger partial charge is 0.340 e. The number of benzene rings is 2. The van der Waals surface area contributed by atoms with Gasteiger partial charge in [-0.3, -0.25) is 14.4 Å². The lowest BCUT2D eigenvalue weighted by atomic mass is 10.0. The van der Waals surface area contributed by atoms with Gasteiger partial charge < -0.3 is 5.32 Å². The monoisotopic (exact) mass is 408 g/mol. The van der Waals surface area contributed by atoms with E-state index in [9.17, 15) is 9.59 Å². The molecule has 0 aromatic heterocycles. The van der Waals surface area contributed by atoms with E-state index in [0.717, 1.165) is 5.56 Å². The van der Waals surface area contributed by atoms with Crippen LogP contribution in [0.4, 0.5) is 0 Å². The van der Waals surface area contributed by atoms with Gasteiger partial charge >= 0.3 is 0 Å². The summed E-state index contributed by atoms with van der Waals surface area (Å²) in [6.45, 7) is 4.16. The molecule has 0 fully saturated rings. The molecule has 1 unspecified atom stereocenters. The lowest BCUT2D eigenvalue weighted by molar-refractivity contribution is -0.137. The molecular formula is C20H22Cl2N2O3. The van der Waals surface area contributed by atoms with Gasteiger partial charge in [-0.25, -0.2) is 5.48 Å². The Labute approximate surface area is 169 Å². The molecule has 2 N–H and O–H groups in total. The zero-order valence-corrected chi connectivity index (χ0v) is 16.7. The van der Waals surface area contributed by atoms with Crippen LogP contribution in [0, 0.1) is 5.92 Å². The molecule has 0 aliphatic carbocycles. The van der Waals surface area contributed by atoms with E-state index in [1.54, 1.807) is 6.07 Å². The minimum absolute atomic E-state index is 0.191. The van der Waals surface area contributed by atoms with Gasteiger partial charge in [-0.2, -0.15) is 0 Å². The maximum Gasteiger partial charge on any atom is 0.266 e. The average Bonchev–Trinajstić information content (AvgIpc) is 2.61. The van der Waals surface area contributed by atoms with Crippen LogP contribution in [0.15, 0.2) is 48.5 Å². The number of nitrogens with one attached hydrogen (secondary N) is 2. The SMILES string of the molecule is CC(C)CC(NC(=O)c1ccc(Cl)cc1Cl)C(=O)NOCc1ccccc1. The lowest BCUT2D eigenvalue weighted by Gasteiger charge is -2.20. The summed E-state index contributed by atoms with van der Waals surface area (Å²) >= 11 is 11.9. The molecule has 0 saturated carbocycles. The van der Waals surface area contributed by atoms with Crippen molar-refractivity contribution in [2.24, 2.45) is 5.92 Å². The summed E-state index contributed by atoms with van der Waals surface area (Å²) in [5.74, 6) is -0.672. The molecule has 144 valence electrons. The van der Waals surface area contributed by atoms with Gasteiger partial charge in [0, 0.05) is 5.02 Å². The predicted octanol–water partition coefficient (Wildman–Crippen LogP) is 4.39. The molecule has 7 heteroatoms. The van der Waals surface area contributed by atoms with E-state index in [2.05, 4.69) is 10.8 Å². The zero-order chi connectivity index (χ0) is 19.8. The predicted molar refractivity (Wildman–Crippen MR) is 107 cm³/mol. The molecule has 5 nitrogen and oxygen atoms in total. The molecule has 0 spiro atoms. The molecule has 2 rings (SSSR count). The highest BCUT2D eigenvalue weighted by molar-refractivity contribution is 6.36. The van der Waals surface area contributed by atoms with Crippen molar-refractivity contribution in [1.82, 2.24) is 10.8 Å². The number of halogens is 2. The Balaban J connectivity index is 1.98. The third-order valence-electron chi connectivity index (χ3n) is 3.76. The summed E-state index contributed by atoms with van der Waals surface area (Å²) in [5, 5.41) is 3.37. The summed E-state index contributed by atoms with van der Waals surface area (Å²) in [4.78, 5) is 30.3. The van der Waals surface area contributed by atoms with Crippen LogP contribution in [0.2, 0.25) is 10.0 Å². The van der Waals surface area contributed by atoms with Crippen molar-refractivity contribution in [3.8, 4) is 0 Å². The van der Waals surface area contributed by atoms with Crippen LogP contribution in [0.5, 0.6) is 0 Å². The van der Waals surface area contributed by atoms with E-state index in [-0.39, 0.29) is 23.1 Å². The third-order valence-corrected chi connectivity index (χ3v) is 4.31. The molecule has 0 bridgehead atoms. The number of hydrogen-bond donors (Lipinski definition) is 2. The van der Waals surface area contributed by atoms with Gasteiger partial charge in [-0.05, 0) is 36.1 Å². The first-order chi connectivity index (χ1) is 12.9. The van der Waals surface area contributed by atoms with Crippen molar-refractivity contribution in [3.05, 3.63) is 69.7 Å². The first kappa shape index (κ1) is 21.2. The Hall–Kier alpha value is -2.08. The summed E-state index contributed by atoms with van der Waals surface area (Å²) in [5.41, 5.74) is 3.59. The summed E-state index contributed by atoms with van der Waals surface area (Å²) in [7, 11) is 0. The van der Waals surface area contributed by atoms with Crippen LogP contribution < -0.4 is 10.8 Å². The normalized spacial score (nSPS) is 11.9. The fourth-order valence-electron chi connectivity index (χ4n) is 2.45. The highest BCUT2D eigenvalue weighted by Gasteiger charge is 2.23. The number of rotatable bonds is 8. The Morgan fingerprint density at radius 1 is 1.07 bits per heavy atom. The van der Waals surface area contributed by atoms with E-state index >= 15 is 0 Å². The number of hydrogen-bond acceptors (Lipinski definition) is 3. The van der Waals surface area contributed by atoms with E-state index < -0.39 is 17.9 Å². The Morgan fingerprint density at radius 3 is 2.41 bits per heavy atom. The quantitative estimate of drug-likeness (QED) is 0.636. The van der Waals surface area contributed by atoms with E-state index in [0.29, 0.717) is 11.4 Å². The van der Waals surface area contributed by atoms with Gasteiger partial charge in [0.05, 0.1) is 17.2 Å². The number of carbonyl (C=O) groups is 2. The lowest BCUT2D eigenvalue weighted by Crippen LogP contribution is -2.47. The molecule has 0 saturated heterocycles. The molecule has 0 aliphatic heterocycles. The Morgan fingerprint density at radius 2 is 1.78 bits per heavy atom. The topological polar surface area (TPSA) is 67.4 Å². The second-order valence-electron chi connectivity index (χ2n) is 6.52. The van der Waals surface area contributed by atoms with Gasteiger partial charge in [0.1, 0.15) is 6.04 Å². The second-order valence-corrected chi connectivity index (χ2v) is 7.36. The van der Waals surface area contributed by atoms with Crippen LogP contribution in [0.1, 0.15) is 36.2 Å². The number of amides is 2. The third kappa shape index (κ3) is 6.86. The molecule has 2 amide bonds. The van der Waals surface area contributed by atoms with Crippen molar-refractivity contribution < 1.29 is 14.4 Å². The van der Waals surface area contributed by atoms with Crippen LogP contribution in [0.3, 0.4) is 0 Å². The van der Waals surface area contributed by atoms with Crippen LogP contribution >= 0.6 is 23.2 Å². The van der Waals surface area contributed by atoms with Gasteiger partial charge in [0.15, 0.2) is 0 Å². The van der Waals surface area contributed by atoms with Gasteiger partial charge in [0.25, 0.3) is 11.8 Å². The van der Waals surface area contributed by atoms with E-state index in [1.807, 2.05) is 44.2 Å². The highest BCUT2D eigenvalue weighted by Crippen LogP contribution is 2.21. The molecule has 0 radical (unpaired) electrons. The highest BCUT2D eigenvalue weighted by atomic mass is 35.5. The van der Waals surface area contributed by atoms with Gasteiger partial charge in [-0.15, -0.1) is 0 Å². The minimum Gasteiger partial charge on any atom is -0.340 e. The number of hydroxylamine groups is 1. The average molecular weight is 409 g/mol. The first-order valence-corrected chi connectivity index (χ1v) is 9.34. The van der Waals surface area contributed by atoms with Gasteiger partial charge in [0.2, 0.25) is 0 Å². The maximum atomic E-state index is 12.5.